The summed E-state index contributed by atoms with van der Waals surface area (Å²) < 4.78 is 10.5. The number of carbonyl (C=O) groups is 3. The molecule has 2 atom stereocenters. The summed E-state index contributed by atoms with van der Waals surface area (Å²) in [6.45, 7) is 8.38. The van der Waals surface area contributed by atoms with E-state index in [2.05, 4.69) is 5.32 Å². The third kappa shape index (κ3) is 9.26. The minimum Gasteiger partial charge on any atom is -0.481 e. The van der Waals surface area contributed by atoms with Crippen LogP contribution in [0.4, 0.5) is 4.79 Å². The van der Waals surface area contributed by atoms with Crippen LogP contribution in [0.15, 0.2) is 30.3 Å². The zero-order valence-electron chi connectivity index (χ0n) is 19.3. The lowest BCUT2D eigenvalue weighted by molar-refractivity contribution is -0.150. The van der Waals surface area contributed by atoms with Crippen LogP contribution >= 0.6 is 0 Å². The molecule has 8 nitrogen and oxygen atoms in total. The number of benzene rings is 1. The highest BCUT2D eigenvalue weighted by Crippen LogP contribution is 2.19. The summed E-state index contributed by atoms with van der Waals surface area (Å²) in [6, 6.07) is 9.78. The lowest BCUT2D eigenvalue weighted by Crippen LogP contribution is -2.44. The van der Waals surface area contributed by atoms with Gasteiger partial charge in [0.25, 0.3) is 0 Å². The number of hydrogen-bond acceptors (Lipinski definition) is 6. The van der Waals surface area contributed by atoms with Crippen molar-refractivity contribution in [2.24, 2.45) is 11.8 Å². The molecule has 178 valence electrons. The van der Waals surface area contributed by atoms with E-state index >= 15 is 0 Å². The van der Waals surface area contributed by atoms with Crippen molar-refractivity contribution >= 4 is 18.0 Å². The van der Waals surface area contributed by atoms with Crippen LogP contribution in [-0.2, 0) is 25.7 Å². The van der Waals surface area contributed by atoms with Crippen LogP contribution in [0.1, 0.15) is 52.0 Å². The number of nitrogens with one attached hydrogen (secondary N) is 1. The zero-order chi connectivity index (χ0) is 23.6. The normalized spacial score (nSPS) is 21.0. The van der Waals surface area contributed by atoms with Crippen LogP contribution in [0.25, 0.3) is 0 Å². The van der Waals surface area contributed by atoms with Crippen molar-refractivity contribution in [1.29, 1.82) is 0 Å². The number of aliphatic carboxylic acids is 1. The van der Waals surface area contributed by atoms with Gasteiger partial charge in [0, 0.05) is 19.6 Å². The molecule has 0 saturated carbocycles. The summed E-state index contributed by atoms with van der Waals surface area (Å²) in [6.07, 6.45) is 2.94. The lowest BCUT2D eigenvalue weighted by atomic mass is 9.99. The number of carboxylic acids is 1. The Morgan fingerprint density at radius 1 is 1.09 bits per heavy atom. The topological polar surface area (TPSA) is 105 Å². The second kappa shape index (κ2) is 12.4. The summed E-state index contributed by atoms with van der Waals surface area (Å²) in [7, 11) is 0. The first-order valence-corrected chi connectivity index (χ1v) is 11.3. The van der Waals surface area contributed by atoms with E-state index in [9.17, 15) is 14.4 Å². The SMILES string of the molecule is CC(C)(C)OC(=O)N1CCCC(C(=O)O)C1.O=C(OCc1ccccc1)C1CCCNC1. The quantitative estimate of drug-likeness (QED) is 0.680. The van der Waals surface area contributed by atoms with Crippen molar-refractivity contribution in [1.82, 2.24) is 10.2 Å². The summed E-state index contributed by atoms with van der Waals surface area (Å²) in [5.41, 5.74) is 0.507. The fourth-order valence-corrected chi connectivity index (χ4v) is 3.57. The number of rotatable bonds is 4. The second-order valence-electron chi connectivity index (χ2n) is 9.24. The largest absolute Gasteiger partial charge is 0.481 e. The van der Waals surface area contributed by atoms with Crippen molar-refractivity contribution in [3.8, 4) is 0 Å². The maximum Gasteiger partial charge on any atom is 0.410 e. The second-order valence-corrected chi connectivity index (χ2v) is 9.24. The number of hydrogen-bond donors (Lipinski definition) is 2. The van der Waals surface area contributed by atoms with Gasteiger partial charge in [0.05, 0.1) is 11.8 Å². The van der Waals surface area contributed by atoms with E-state index in [0.717, 1.165) is 37.9 Å². The van der Waals surface area contributed by atoms with Gasteiger partial charge < -0.3 is 24.8 Å². The van der Waals surface area contributed by atoms with Crippen LogP contribution in [0, 0.1) is 11.8 Å². The predicted octanol–water partition coefficient (Wildman–Crippen LogP) is 3.45. The Bertz CT molecular complexity index is 741. The first-order chi connectivity index (χ1) is 15.2. The average Bonchev–Trinajstić information content (AvgIpc) is 2.78. The molecule has 1 aromatic rings. The first kappa shape index (κ1) is 25.6. The van der Waals surface area contributed by atoms with Gasteiger partial charge in [-0.05, 0) is 58.6 Å². The highest BCUT2D eigenvalue weighted by molar-refractivity contribution is 5.73. The van der Waals surface area contributed by atoms with E-state index in [1.54, 1.807) is 20.8 Å². The zero-order valence-corrected chi connectivity index (χ0v) is 19.3. The van der Waals surface area contributed by atoms with E-state index in [0.29, 0.717) is 19.6 Å². The van der Waals surface area contributed by atoms with Gasteiger partial charge in [-0.15, -0.1) is 0 Å². The van der Waals surface area contributed by atoms with Crippen LogP contribution in [0.2, 0.25) is 0 Å². The Hall–Kier alpha value is -2.61. The number of esters is 1. The van der Waals surface area contributed by atoms with Crippen molar-refractivity contribution in [2.75, 3.05) is 26.2 Å². The molecule has 0 spiro atoms. The predicted molar refractivity (Wildman–Crippen MR) is 120 cm³/mol. The van der Waals surface area contributed by atoms with E-state index in [1.165, 1.54) is 4.90 Å². The first-order valence-electron chi connectivity index (χ1n) is 11.3. The summed E-state index contributed by atoms with van der Waals surface area (Å²) in [5, 5.41) is 12.1. The van der Waals surface area contributed by atoms with Crippen LogP contribution in [-0.4, -0.2) is 59.8 Å². The fraction of sp³-hybridized carbons (Fsp3) is 0.625. The molecule has 0 radical (unpaired) electrons. The molecule has 2 unspecified atom stereocenters. The monoisotopic (exact) mass is 448 g/mol. The van der Waals surface area contributed by atoms with Gasteiger partial charge in [0.2, 0.25) is 0 Å². The van der Waals surface area contributed by atoms with E-state index in [-0.39, 0.29) is 18.4 Å². The maximum absolute atomic E-state index is 11.7. The third-order valence-electron chi connectivity index (χ3n) is 5.28. The van der Waals surface area contributed by atoms with Gasteiger partial charge in [-0.1, -0.05) is 30.3 Å². The van der Waals surface area contributed by atoms with Gasteiger partial charge in [-0.2, -0.15) is 0 Å². The number of ether oxygens (including phenoxy) is 2. The molecule has 8 heteroatoms. The summed E-state index contributed by atoms with van der Waals surface area (Å²) in [4.78, 5) is 35.7. The number of piperidine rings is 2. The fourth-order valence-electron chi connectivity index (χ4n) is 3.57. The highest BCUT2D eigenvalue weighted by Gasteiger charge is 2.30. The molecule has 0 aromatic heterocycles. The molecule has 1 aromatic carbocycles. The molecule has 2 saturated heterocycles. The highest BCUT2D eigenvalue weighted by atomic mass is 16.6. The number of amides is 1. The number of nitrogens with zero attached hydrogens (tertiary/aromatic N) is 1. The van der Waals surface area contributed by atoms with Gasteiger partial charge in [0.1, 0.15) is 12.2 Å². The van der Waals surface area contributed by atoms with E-state index < -0.39 is 23.6 Å². The summed E-state index contributed by atoms with van der Waals surface area (Å²) in [5.74, 6) is -1.33. The summed E-state index contributed by atoms with van der Waals surface area (Å²) >= 11 is 0. The number of carboxylic acid groups (broad SMARTS) is 1. The molecule has 2 aliphatic heterocycles. The molecule has 2 heterocycles. The average molecular weight is 449 g/mol. The van der Waals surface area contributed by atoms with Crippen molar-refractivity contribution in [3.63, 3.8) is 0 Å². The molecule has 2 fully saturated rings. The van der Waals surface area contributed by atoms with Crippen molar-refractivity contribution in [2.45, 2.75) is 58.7 Å². The standard InChI is InChI=1S/C13H17NO2.C11H19NO4/c15-13(12-7-4-8-14-9-12)16-10-11-5-2-1-3-6-11;1-11(2,3)16-10(15)12-6-4-5-8(7-12)9(13)14/h1-3,5-6,12,14H,4,7-10H2;8H,4-7H2,1-3H3,(H,13,14). The lowest BCUT2D eigenvalue weighted by Gasteiger charge is -2.32. The van der Waals surface area contributed by atoms with Crippen molar-refractivity contribution in [3.05, 3.63) is 35.9 Å². The van der Waals surface area contributed by atoms with E-state index in [4.69, 9.17) is 14.6 Å². The Kier molecular flexibility index (Phi) is 9.97. The molecule has 3 rings (SSSR count). The van der Waals surface area contributed by atoms with Gasteiger partial charge >= 0.3 is 18.0 Å². The van der Waals surface area contributed by atoms with Crippen LogP contribution in [0.3, 0.4) is 0 Å². The van der Waals surface area contributed by atoms with Gasteiger partial charge in [-0.3, -0.25) is 9.59 Å². The molecule has 1 amide bonds. The molecule has 2 N–H and O–H groups in total. The minimum atomic E-state index is -0.840. The Morgan fingerprint density at radius 3 is 2.38 bits per heavy atom. The molecular weight excluding hydrogens is 412 g/mol. The maximum atomic E-state index is 11.7. The Balaban J connectivity index is 0.000000227. The van der Waals surface area contributed by atoms with Crippen LogP contribution in [0.5, 0.6) is 0 Å². The number of likely N-dealkylation sites (tertiary alicyclic amines) is 1. The molecule has 0 bridgehead atoms. The van der Waals surface area contributed by atoms with Gasteiger partial charge in [0.15, 0.2) is 0 Å². The third-order valence-corrected chi connectivity index (χ3v) is 5.28. The molecule has 32 heavy (non-hydrogen) atoms. The smallest absolute Gasteiger partial charge is 0.410 e. The molecule has 2 aliphatic rings. The van der Waals surface area contributed by atoms with Crippen molar-refractivity contribution < 1.29 is 29.0 Å². The minimum absolute atomic E-state index is 0.0393. The Morgan fingerprint density at radius 2 is 1.78 bits per heavy atom. The Labute approximate surface area is 190 Å². The van der Waals surface area contributed by atoms with Crippen LogP contribution < -0.4 is 5.32 Å². The van der Waals surface area contributed by atoms with Gasteiger partial charge in [-0.25, -0.2) is 4.79 Å². The molecule has 0 aliphatic carbocycles. The number of carbonyl (C=O) groups excluding carboxylic acids is 2. The van der Waals surface area contributed by atoms with E-state index in [1.807, 2.05) is 30.3 Å². The molecular formula is C24H36N2O6.